The van der Waals surface area contributed by atoms with Crippen LogP contribution in [0.4, 0.5) is 18.9 Å². The molecule has 8 nitrogen and oxygen atoms in total. The zero-order valence-corrected chi connectivity index (χ0v) is 22.0. The first-order chi connectivity index (χ1) is 18.5. The Morgan fingerprint density at radius 3 is 2.54 bits per heavy atom. The van der Waals surface area contributed by atoms with Crippen LogP contribution in [-0.4, -0.2) is 43.5 Å². The number of nitrogens with zero attached hydrogens (tertiary/aromatic N) is 1. The van der Waals surface area contributed by atoms with Crippen LogP contribution in [-0.2, 0) is 9.59 Å². The van der Waals surface area contributed by atoms with Crippen molar-refractivity contribution in [2.75, 3.05) is 18.1 Å². The average molecular weight is 565 g/mol. The van der Waals surface area contributed by atoms with Gasteiger partial charge in [-0.15, -0.1) is 0 Å². The van der Waals surface area contributed by atoms with Gasteiger partial charge in [-0.25, -0.2) is 0 Å². The Balaban J connectivity index is 1.74. The topological polar surface area (TPSA) is 104 Å². The van der Waals surface area contributed by atoms with Gasteiger partial charge in [-0.2, -0.15) is 13.2 Å². The summed E-state index contributed by atoms with van der Waals surface area (Å²) in [6, 6.07) is 12.7. The maximum atomic E-state index is 13.4. The van der Waals surface area contributed by atoms with Crippen LogP contribution in [0.3, 0.4) is 0 Å². The predicted octanol–water partition coefficient (Wildman–Crippen LogP) is 5.35. The highest BCUT2D eigenvalue weighted by Gasteiger charge is 2.32. The molecule has 2 amide bonds. The van der Waals surface area contributed by atoms with Gasteiger partial charge < -0.3 is 25.5 Å². The molecule has 2 aromatic carbocycles. The SMILES string of the molecule is CCC(CCNC(=O)/C(C=N)=C1/NC(C)=CN(c2ccccc2OCC(F)(F)F)C1=O)Oc1ccc(Cl)cc1. The van der Waals surface area contributed by atoms with Crippen LogP contribution in [0.5, 0.6) is 11.5 Å². The van der Waals surface area contributed by atoms with Gasteiger partial charge in [0.1, 0.15) is 23.3 Å². The molecule has 12 heteroatoms. The minimum absolute atomic E-state index is 0.0555. The number of anilines is 1. The van der Waals surface area contributed by atoms with E-state index in [1.165, 1.54) is 30.5 Å². The van der Waals surface area contributed by atoms with Gasteiger partial charge in [0.25, 0.3) is 11.8 Å². The van der Waals surface area contributed by atoms with Gasteiger partial charge in [-0.05, 0) is 49.7 Å². The number of hydrogen-bond donors (Lipinski definition) is 3. The van der Waals surface area contributed by atoms with Crippen LogP contribution in [0.25, 0.3) is 0 Å². The highest BCUT2D eigenvalue weighted by atomic mass is 35.5. The molecule has 3 N–H and O–H groups in total. The number of hydrogen-bond acceptors (Lipinski definition) is 6. The Kier molecular flexibility index (Phi) is 10.00. The number of allylic oxidation sites excluding steroid dienone is 1. The minimum Gasteiger partial charge on any atom is -0.490 e. The number of halogens is 4. The van der Waals surface area contributed by atoms with E-state index >= 15 is 0 Å². The lowest BCUT2D eigenvalue weighted by Crippen LogP contribution is -2.41. The number of alkyl halides is 3. The second kappa shape index (κ2) is 13.2. The first-order valence-electron chi connectivity index (χ1n) is 12.0. The summed E-state index contributed by atoms with van der Waals surface area (Å²) in [7, 11) is 0. The first-order valence-corrected chi connectivity index (χ1v) is 12.4. The van der Waals surface area contributed by atoms with Crippen LogP contribution < -0.4 is 25.0 Å². The van der Waals surface area contributed by atoms with Crippen LogP contribution in [0.1, 0.15) is 26.7 Å². The zero-order chi connectivity index (χ0) is 28.6. The first kappa shape index (κ1) is 29.6. The lowest BCUT2D eigenvalue weighted by molar-refractivity contribution is -0.153. The number of amides is 2. The lowest BCUT2D eigenvalue weighted by atomic mass is 10.1. The molecule has 0 saturated carbocycles. The summed E-state index contributed by atoms with van der Waals surface area (Å²) in [5, 5.41) is 13.9. The Labute approximate surface area is 228 Å². The molecule has 0 aliphatic carbocycles. The van der Waals surface area contributed by atoms with Gasteiger partial charge in [0.05, 0.1) is 11.3 Å². The van der Waals surface area contributed by atoms with Gasteiger partial charge in [-0.1, -0.05) is 30.7 Å². The summed E-state index contributed by atoms with van der Waals surface area (Å²) < 4.78 is 49.0. The van der Waals surface area contributed by atoms with Crippen molar-refractivity contribution in [1.29, 1.82) is 5.41 Å². The van der Waals surface area contributed by atoms with Gasteiger partial charge in [0, 0.05) is 36.1 Å². The van der Waals surface area contributed by atoms with Gasteiger partial charge in [-0.3, -0.25) is 14.5 Å². The summed E-state index contributed by atoms with van der Waals surface area (Å²) in [5.41, 5.74) is 0.0418. The van der Waals surface area contributed by atoms with Crippen LogP contribution >= 0.6 is 11.6 Å². The smallest absolute Gasteiger partial charge is 0.422 e. The van der Waals surface area contributed by atoms with E-state index in [0.717, 1.165) is 11.1 Å². The van der Waals surface area contributed by atoms with Crippen molar-refractivity contribution < 1.29 is 32.2 Å². The fraction of sp³-hybridized carbons (Fsp3) is 0.296. The van der Waals surface area contributed by atoms with E-state index in [4.69, 9.17) is 26.5 Å². The fourth-order valence-corrected chi connectivity index (χ4v) is 3.83. The van der Waals surface area contributed by atoms with E-state index in [0.29, 0.717) is 29.3 Å². The second-order valence-corrected chi connectivity index (χ2v) is 9.00. The molecule has 208 valence electrons. The molecule has 0 spiro atoms. The predicted molar refractivity (Wildman–Crippen MR) is 142 cm³/mol. The minimum atomic E-state index is -4.57. The Morgan fingerprint density at radius 1 is 1.21 bits per heavy atom. The number of carbonyl (C=O) groups excluding carboxylic acids is 2. The quantitative estimate of drug-likeness (QED) is 0.252. The molecule has 0 bridgehead atoms. The molecule has 0 saturated heterocycles. The molecule has 1 aliphatic heterocycles. The Bertz CT molecular complexity index is 1260. The summed E-state index contributed by atoms with van der Waals surface area (Å²) in [5.74, 6) is -0.937. The van der Waals surface area contributed by atoms with Crippen molar-refractivity contribution in [1.82, 2.24) is 10.6 Å². The molecule has 0 radical (unpaired) electrons. The molecule has 1 heterocycles. The fourth-order valence-electron chi connectivity index (χ4n) is 3.70. The molecular weight excluding hydrogens is 537 g/mol. The highest BCUT2D eigenvalue weighted by Crippen LogP contribution is 2.32. The molecule has 0 aromatic heterocycles. The van der Waals surface area contributed by atoms with Gasteiger partial charge in [0.2, 0.25) is 0 Å². The Morgan fingerprint density at radius 2 is 1.90 bits per heavy atom. The number of nitrogens with one attached hydrogen (secondary N) is 3. The molecule has 0 fully saturated rings. The van der Waals surface area contributed by atoms with Crippen molar-refractivity contribution in [2.45, 2.75) is 39.0 Å². The number of benzene rings is 2. The maximum Gasteiger partial charge on any atom is 0.422 e. The van der Waals surface area contributed by atoms with Crippen molar-refractivity contribution >= 4 is 35.3 Å². The third kappa shape index (κ3) is 8.25. The average Bonchev–Trinajstić information content (AvgIpc) is 2.90. The van der Waals surface area contributed by atoms with Crippen molar-refractivity contribution in [3.05, 3.63) is 76.7 Å². The monoisotopic (exact) mass is 564 g/mol. The summed E-state index contributed by atoms with van der Waals surface area (Å²) in [6.45, 7) is 2.22. The third-order valence-corrected chi connectivity index (χ3v) is 5.83. The number of rotatable bonds is 11. The van der Waals surface area contributed by atoms with Gasteiger partial charge >= 0.3 is 6.18 Å². The number of ether oxygens (including phenoxy) is 2. The summed E-state index contributed by atoms with van der Waals surface area (Å²) in [6.07, 6.45) is -1.51. The summed E-state index contributed by atoms with van der Waals surface area (Å²) in [4.78, 5) is 27.4. The molecule has 39 heavy (non-hydrogen) atoms. The van der Waals surface area contributed by atoms with E-state index in [9.17, 15) is 22.8 Å². The molecule has 1 atom stereocenters. The van der Waals surface area contributed by atoms with Crippen molar-refractivity contribution in [3.63, 3.8) is 0 Å². The lowest BCUT2D eigenvalue weighted by Gasteiger charge is -2.29. The van der Waals surface area contributed by atoms with Crippen molar-refractivity contribution in [3.8, 4) is 11.5 Å². The molecular formula is C27H28ClF3N4O4. The number of carbonyl (C=O) groups is 2. The molecule has 1 unspecified atom stereocenters. The maximum absolute atomic E-state index is 13.4. The number of para-hydroxylation sites is 2. The molecule has 2 aromatic rings. The standard InChI is InChI=1S/C27H28ClF3N4O4/c1-3-19(39-20-10-8-18(28)9-11-20)12-13-33-25(36)21(14-32)24-26(37)35(15-17(2)34-24)22-6-4-5-7-23(22)38-16-27(29,30)31/h4-11,14-15,19,32,34H,3,12-13,16H2,1-2H3,(H,33,36)/b24-21+,32-14?. The van der Waals surface area contributed by atoms with Crippen LogP contribution in [0.15, 0.2) is 71.7 Å². The van der Waals surface area contributed by atoms with Crippen molar-refractivity contribution in [2.24, 2.45) is 0 Å². The normalized spacial score (nSPS) is 15.6. The summed E-state index contributed by atoms with van der Waals surface area (Å²) >= 11 is 5.90. The second-order valence-electron chi connectivity index (χ2n) is 8.56. The van der Waals surface area contributed by atoms with E-state index < -0.39 is 24.6 Å². The van der Waals surface area contributed by atoms with E-state index in [1.54, 1.807) is 31.2 Å². The van der Waals surface area contributed by atoms with E-state index in [1.807, 2.05) is 6.92 Å². The highest BCUT2D eigenvalue weighted by molar-refractivity contribution is 6.30. The van der Waals surface area contributed by atoms with E-state index in [2.05, 4.69) is 10.6 Å². The van der Waals surface area contributed by atoms with Gasteiger partial charge in [0.15, 0.2) is 6.61 Å². The third-order valence-electron chi connectivity index (χ3n) is 5.58. The van der Waals surface area contributed by atoms with E-state index in [-0.39, 0.29) is 35.4 Å². The largest absolute Gasteiger partial charge is 0.490 e. The molecule has 3 rings (SSSR count). The molecule has 1 aliphatic rings. The van der Waals surface area contributed by atoms with Crippen LogP contribution in [0.2, 0.25) is 5.02 Å². The van der Waals surface area contributed by atoms with Crippen LogP contribution in [0, 0.1) is 5.41 Å². The zero-order valence-electron chi connectivity index (χ0n) is 21.3. The Hall–Kier alpha value is -3.99.